The fourth-order valence-electron chi connectivity index (χ4n) is 1.83. The molecule has 0 radical (unpaired) electrons. The minimum absolute atomic E-state index is 0.0820. The van der Waals surface area contributed by atoms with Gasteiger partial charge in [-0.2, -0.15) is 15.0 Å². The van der Waals surface area contributed by atoms with E-state index in [1.165, 1.54) is 0 Å². The molecule has 0 aliphatic heterocycles. The summed E-state index contributed by atoms with van der Waals surface area (Å²) in [7, 11) is 0. The first-order valence-electron chi connectivity index (χ1n) is 8.56. The standard InChI is InChI=1S/C19H22ClN5O2/c1-11(2)16(26)23-18-21-15(10-7-13-5-8-14(20)9-6-13)22-19(25-18)24-17(27)12(3)4/h5-12H,1-4H3,(H2,21,22,23,24,25,26,27)/b10-7+. The van der Waals surface area contributed by atoms with Crippen LogP contribution in [0.5, 0.6) is 0 Å². The van der Waals surface area contributed by atoms with E-state index in [1.807, 2.05) is 12.1 Å². The van der Waals surface area contributed by atoms with E-state index in [2.05, 4.69) is 25.6 Å². The van der Waals surface area contributed by atoms with Crippen LogP contribution in [0.4, 0.5) is 11.9 Å². The van der Waals surface area contributed by atoms with E-state index < -0.39 is 0 Å². The molecule has 2 amide bonds. The van der Waals surface area contributed by atoms with E-state index in [0.717, 1.165) is 5.56 Å². The van der Waals surface area contributed by atoms with Gasteiger partial charge in [-0.15, -0.1) is 0 Å². The van der Waals surface area contributed by atoms with Crippen molar-refractivity contribution < 1.29 is 9.59 Å². The summed E-state index contributed by atoms with van der Waals surface area (Å²) in [5, 5.41) is 5.90. The topological polar surface area (TPSA) is 96.9 Å². The molecular weight excluding hydrogens is 366 g/mol. The first-order valence-corrected chi connectivity index (χ1v) is 8.94. The van der Waals surface area contributed by atoms with Gasteiger partial charge in [-0.1, -0.05) is 57.5 Å². The predicted molar refractivity (Wildman–Crippen MR) is 107 cm³/mol. The highest BCUT2D eigenvalue weighted by molar-refractivity contribution is 6.30. The summed E-state index contributed by atoms with van der Waals surface area (Å²) in [4.78, 5) is 36.4. The number of nitrogens with one attached hydrogen (secondary N) is 2. The van der Waals surface area contributed by atoms with Crippen molar-refractivity contribution in [2.24, 2.45) is 11.8 Å². The Kier molecular flexibility index (Phi) is 7.01. The zero-order valence-corrected chi connectivity index (χ0v) is 16.4. The van der Waals surface area contributed by atoms with Gasteiger partial charge in [0.05, 0.1) is 0 Å². The van der Waals surface area contributed by atoms with Gasteiger partial charge in [-0.05, 0) is 23.8 Å². The van der Waals surface area contributed by atoms with Crippen LogP contribution in [-0.2, 0) is 9.59 Å². The molecule has 1 aromatic heterocycles. The number of carbonyl (C=O) groups is 2. The van der Waals surface area contributed by atoms with Crippen LogP contribution in [0.3, 0.4) is 0 Å². The molecule has 0 spiro atoms. The minimum atomic E-state index is -0.233. The van der Waals surface area contributed by atoms with Crippen molar-refractivity contribution in [3.8, 4) is 0 Å². The largest absolute Gasteiger partial charge is 0.294 e. The number of rotatable bonds is 6. The Bertz CT molecular complexity index is 807. The maximum absolute atomic E-state index is 11.9. The molecule has 0 saturated heterocycles. The quantitative estimate of drug-likeness (QED) is 0.783. The number of halogens is 1. The number of benzene rings is 1. The molecule has 2 rings (SSSR count). The lowest BCUT2D eigenvalue weighted by molar-refractivity contribution is -0.119. The van der Waals surface area contributed by atoms with Crippen molar-refractivity contribution in [3.63, 3.8) is 0 Å². The molecule has 0 aliphatic rings. The maximum atomic E-state index is 11.9. The molecule has 8 heteroatoms. The fourth-order valence-corrected chi connectivity index (χ4v) is 1.96. The number of amides is 2. The number of nitrogens with zero attached hydrogens (tertiary/aromatic N) is 3. The fraction of sp³-hybridized carbons (Fsp3) is 0.316. The van der Waals surface area contributed by atoms with Crippen LogP contribution in [0.2, 0.25) is 5.02 Å². The van der Waals surface area contributed by atoms with E-state index >= 15 is 0 Å². The molecule has 2 aromatic rings. The van der Waals surface area contributed by atoms with Crippen LogP contribution in [0.25, 0.3) is 12.2 Å². The number of anilines is 2. The zero-order valence-electron chi connectivity index (χ0n) is 15.7. The van der Waals surface area contributed by atoms with Gasteiger partial charge >= 0.3 is 0 Å². The number of hydrogen-bond donors (Lipinski definition) is 2. The van der Waals surface area contributed by atoms with Crippen molar-refractivity contribution in [2.75, 3.05) is 10.6 Å². The number of hydrogen-bond acceptors (Lipinski definition) is 5. The summed E-state index contributed by atoms with van der Waals surface area (Å²) >= 11 is 5.88. The van der Waals surface area contributed by atoms with Crippen LogP contribution >= 0.6 is 11.6 Å². The number of aromatic nitrogens is 3. The van der Waals surface area contributed by atoms with Gasteiger partial charge in [0.25, 0.3) is 0 Å². The van der Waals surface area contributed by atoms with Gasteiger partial charge in [-0.25, -0.2) is 0 Å². The van der Waals surface area contributed by atoms with Gasteiger partial charge in [0.2, 0.25) is 23.7 Å². The third kappa shape index (κ3) is 6.45. The Hall–Kier alpha value is -2.80. The van der Waals surface area contributed by atoms with Gasteiger partial charge in [-0.3, -0.25) is 20.2 Å². The predicted octanol–water partition coefficient (Wildman–Crippen LogP) is 3.88. The Morgan fingerprint density at radius 3 is 1.78 bits per heavy atom. The molecule has 142 valence electrons. The summed E-state index contributed by atoms with van der Waals surface area (Å²) in [5.74, 6) is -0.452. The first kappa shape index (κ1) is 20.5. The van der Waals surface area contributed by atoms with Crippen molar-refractivity contribution in [1.82, 2.24) is 15.0 Å². The summed E-state index contributed by atoms with van der Waals surface area (Å²) in [6.45, 7) is 7.05. The summed E-state index contributed by atoms with van der Waals surface area (Å²) in [5.41, 5.74) is 0.903. The summed E-state index contributed by atoms with van der Waals surface area (Å²) in [6, 6.07) is 7.25. The number of carbonyl (C=O) groups excluding carboxylic acids is 2. The lowest BCUT2D eigenvalue weighted by Crippen LogP contribution is -2.23. The smallest absolute Gasteiger partial charge is 0.234 e. The van der Waals surface area contributed by atoms with Crippen LogP contribution < -0.4 is 10.6 Å². The van der Waals surface area contributed by atoms with Crippen molar-refractivity contribution >= 4 is 47.5 Å². The molecule has 1 aromatic carbocycles. The van der Waals surface area contributed by atoms with E-state index in [4.69, 9.17) is 11.6 Å². The lowest BCUT2D eigenvalue weighted by atomic mass is 10.2. The Balaban J connectivity index is 2.31. The van der Waals surface area contributed by atoms with E-state index in [9.17, 15) is 9.59 Å². The normalized spacial score (nSPS) is 11.2. The van der Waals surface area contributed by atoms with Gasteiger partial charge in [0, 0.05) is 16.9 Å². The lowest BCUT2D eigenvalue weighted by Gasteiger charge is -2.10. The maximum Gasteiger partial charge on any atom is 0.234 e. The molecule has 0 atom stereocenters. The molecular formula is C19H22ClN5O2. The molecule has 0 bridgehead atoms. The zero-order chi connectivity index (χ0) is 20.0. The summed E-state index contributed by atoms with van der Waals surface area (Å²) < 4.78 is 0. The highest BCUT2D eigenvalue weighted by Crippen LogP contribution is 2.14. The minimum Gasteiger partial charge on any atom is -0.294 e. The van der Waals surface area contributed by atoms with Gasteiger partial charge < -0.3 is 0 Å². The summed E-state index contributed by atoms with van der Waals surface area (Å²) in [6.07, 6.45) is 3.47. The highest BCUT2D eigenvalue weighted by Gasteiger charge is 2.14. The highest BCUT2D eigenvalue weighted by atomic mass is 35.5. The molecule has 0 fully saturated rings. The Labute approximate surface area is 163 Å². The van der Waals surface area contributed by atoms with Crippen LogP contribution in [0.1, 0.15) is 39.1 Å². The molecule has 7 nitrogen and oxygen atoms in total. The second-order valence-electron chi connectivity index (χ2n) is 6.51. The van der Waals surface area contributed by atoms with E-state index in [0.29, 0.717) is 10.8 Å². The second-order valence-corrected chi connectivity index (χ2v) is 6.95. The van der Waals surface area contributed by atoms with Crippen molar-refractivity contribution in [1.29, 1.82) is 0 Å². The van der Waals surface area contributed by atoms with Crippen molar-refractivity contribution in [3.05, 3.63) is 40.7 Å². The molecule has 2 N–H and O–H groups in total. The second kappa shape index (κ2) is 9.23. The average molecular weight is 388 g/mol. The van der Waals surface area contributed by atoms with E-state index in [-0.39, 0.29) is 35.5 Å². The third-order valence-corrected chi connectivity index (χ3v) is 3.72. The van der Waals surface area contributed by atoms with Crippen LogP contribution in [-0.4, -0.2) is 26.8 Å². The van der Waals surface area contributed by atoms with E-state index in [1.54, 1.807) is 52.0 Å². The molecule has 27 heavy (non-hydrogen) atoms. The average Bonchev–Trinajstić information content (AvgIpc) is 2.60. The SMILES string of the molecule is CC(C)C(=O)Nc1nc(/C=C/c2ccc(Cl)cc2)nc(NC(=O)C(C)C)n1. The first-order chi connectivity index (χ1) is 12.7. The molecule has 0 aliphatic carbocycles. The monoisotopic (exact) mass is 387 g/mol. The van der Waals surface area contributed by atoms with Crippen LogP contribution in [0, 0.1) is 11.8 Å². The molecule has 1 heterocycles. The van der Waals surface area contributed by atoms with Gasteiger partial charge in [0.1, 0.15) is 0 Å². The Morgan fingerprint density at radius 2 is 1.33 bits per heavy atom. The van der Waals surface area contributed by atoms with Crippen molar-refractivity contribution in [2.45, 2.75) is 27.7 Å². The van der Waals surface area contributed by atoms with Gasteiger partial charge in [0.15, 0.2) is 5.82 Å². The third-order valence-electron chi connectivity index (χ3n) is 3.47. The molecule has 0 unspecified atom stereocenters. The molecule has 0 saturated carbocycles. The Morgan fingerprint density at radius 1 is 0.852 bits per heavy atom. The van der Waals surface area contributed by atoms with Crippen LogP contribution in [0.15, 0.2) is 24.3 Å².